The van der Waals surface area contributed by atoms with Crippen LogP contribution in [0.5, 0.6) is 0 Å². The van der Waals surface area contributed by atoms with Crippen LogP contribution in [0, 0.1) is 6.92 Å². The largest absolute Gasteiger partial charge is 0.339 e. The van der Waals surface area contributed by atoms with E-state index in [4.69, 9.17) is 0 Å². The molecule has 0 aromatic carbocycles. The molecule has 1 aromatic heterocycles. The predicted molar refractivity (Wildman–Crippen MR) is 66.5 cm³/mol. The number of carbonyl (C=O) groups is 1. The maximum absolute atomic E-state index is 11.8. The second-order valence-electron chi connectivity index (χ2n) is 4.68. The third kappa shape index (κ3) is 3.82. The van der Waals surface area contributed by atoms with Crippen molar-refractivity contribution >= 4 is 5.91 Å². The molecule has 0 radical (unpaired) electrons. The summed E-state index contributed by atoms with van der Waals surface area (Å²) in [6, 6.07) is 6.45. The van der Waals surface area contributed by atoms with E-state index in [9.17, 15) is 4.79 Å². The number of aryl methyl sites for hydroxylation is 1. The average Bonchev–Trinajstić information content (AvgIpc) is 3.09. The SMILES string of the molecule is Cc1cccc(CN(C)C(=O)CNC2CC2)n1. The van der Waals surface area contributed by atoms with E-state index in [2.05, 4.69) is 10.3 Å². The lowest BCUT2D eigenvalue weighted by atomic mass is 10.3. The van der Waals surface area contributed by atoms with Crippen LogP contribution in [0.1, 0.15) is 24.2 Å². The van der Waals surface area contributed by atoms with Gasteiger partial charge in [0.25, 0.3) is 0 Å². The highest BCUT2D eigenvalue weighted by Crippen LogP contribution is 2.18. The van der Waals surface area contributed by atoms with E-state index in [-0.39, 0.29) is 5.91 Å². The van der Waals surface area contributed by atoms with Crippen LogP contribution in [-0.2, 0) is 11.3 Å². The van der Waals surface area contributed by atoms with Crippen molar-refractivity contribution in [1.29, 1.82) is 0 Å². The lowest BCUT2D eigenvalue weighted by Crippen LogP contribution is -2.36. The fourth-order valence-electron chi connectivity index (χ4n) is 1.67. The molecule has 1 aliphatic carbocycles. The summed E-state index contributed by atoms with van der Waals surface area (Å²) < 4.78 is 0. The molecule has 0 spiro atoms. The quantitative estimate of drug-likeness (QED) is 0.828. The minimum absolute atomic E-state index is 0.125. The van der Waals surface area contributed by atoms with Gasteiger partial charge in [-0.05, 0) is 31.9 Å². The standard InChI is InChI=1S/C13H19N3O/c1-10-4-3-5-12(15-10)9-16(2)13(17)8-14-11-6-7-11/h3-5,11,14H,6-9H2,1-2H3. The van der Waals surface area contributed by atoms with Gasteiger partial charge in [0.2, 0.25) is 5.91 Å². The van der Waals surface area contributed by atoms with Gasteiger partial charge in [-0.15, -0.1) is 0 Å². The summed E-state index contributed by atoms with van der Waals surface area (Å²) in [5.74, 6) is 0.125. The van der Waals surface area contributed by atoms with Gasteiger partial charge in [-0.1, -0.05) is 6.07 Å². The van der Waals surface area contributed by atoms with Crippen LogP contribution in [0.2, 0.25) is 0 Å². The van der Waals surface area contributed by atoms with Gasteiger partial charge in [0.1, 0.15) is 0 Å². The Kier molecular flexibility index (Phi) is 3.74. The summed E-state index contributed by atoms with van der Waals surface area (Å²) in [7, 11) is 1.82. The lowest BCUT2D eigenvalue weighted by molar-refractivity contribution is -0.129. The molecule has 1 fully saturated rings. The number of carbonyl (C=O) groups excluding carboxylic acids is 1. The number of likely N-dealkylation sites (N-methyl/N-ethyl adjacent to an activating group) is 1. The summed E-state index contributed by atoms with van der Waals surface area (Å²) >= 11 is 0. The zero-order valence-electron chi connectivity index (χ0n) is 10.4. The van der Waals surface area contributed by atoms with Gasteiger partial charge < -0.3 is 10.2 Å². The van der Waals surface area contributed by atoms with Gasteiger partial charge in [-0.2, -0.15) is 0 Å². The average molecular weight is 233 g/mol. The molecule has 1 aliphatic rings. The van der Waals surface area contributed by atoms with Crippen LogP contribution in [0.15, 0.2) is 18.2 Å². The Labute approximate surface area is 102 Å². The van der Waals surface area contributed by atoms with Gasteiger partial charge in [-0.3, -0.25) is 9.78 Å². The van der Waals surface area contributed by atoms with E-state index in [0.29, 0.717) is 19.1 Å². The molecule has 17 heavy (non-hydrogen) atoms. The highest BCUT2D eigenvalue weighted by Gasteiger charge is 2.22. The minimum Gasteiger partial charge on any atom is -0.339 e. The molecule has 1 heterocycles. The summed E-state index contributed by atoms with van der Waals surface area (Å²) in [6.07, 6.45) is 2.41. The zero-order valence-corrected chi connectivity index (χ0v) is 10.4. The van der Waals surface area contributed by atoms with Gasteiger partial charge in [0.05, 0.1) is 18.8 Å². The molecule has 4 nitrogen and oxygen atoms in total. The Morgan fingerprint density at radius 3 is 2.94 bits per heavy atom. The molecule has 1 aromatic rings. The summed E-state index contributed by atoms with van der Waals surface area (Å²) in [5, 5.41) is 3.22. The van der Waals surface area contributed by atoms with Gasteiger partial charge in [0.15, 0.2) is 0 Å². The van der Waals surface area contributed by atoms with Crippen molar-refractivity contribution in [2.75, 3.05) is 13.6 Å². The fraction of sp³-hybridized carbons (Fsp3) is 0.538. The first kappa shape index (κ1) is 12.0. The minimum atomic E-state index is 0.125. The van der Waals surface area contributed by atoms with Crippen LogP contribution in [0.3, 0.4) is 0 Å². The topological polar surface area (TPSA) is 45.2 Å². The number of pyridine rings is 1. The molecule has 1 saturated carbocycles. The molecule has 0 unspecified atom stereocenters. The molecule has 0 saturated heterocycles. The van der Waals surface area contributed by atoms with Crippen molar-refractivity contribution in [2.45, 2.75) is 32.4 Å². The Bertz CT molecular complexity index is 401. The van der Waals surface area contributed by atoms with Gasteiger partial charge >= 0.3 is 0 Å². The van der Waals surface area contributed by atoms with Crippen molar-refractivity contribution in [2.24, 2.45) is 0 Å². The zero-order chi connectivity index (χ0) is 12.3. The molecule has 0 atom stereocenters. The van der Waals surface area contributed by atoms with E-state index >= 15 is 0 Å². The molecular weight excluding hydrogens is 214 g/mol. The van der Waals surface area contributed by atoms with Crippen molar-refractivity contribution in [3.8, 4) is 0 Å². The van der Waals surface area contributed by atoms with Crippen molar-refractivity contribution < 1.29 is 4.79 Å². The lowest BCUT2D eigenvalue weighted by Gasteiger charge is -2.17. The van der Waals surface area contributed by atoms with Crippen molar-refractivity contribution in [1.82, 2.24) is 15.2 Å². The van der Waals surface area contributed by atoms with E-state index < -0.39 is 0 Å². The van der Waals surface area contributed by atoms with Crippen molar-refractivity contribution in [3.05, 3.63) is 29.6 Å². The molecule has 2 rings (SSSR count). The molecule has 1 N–H and O–H groups in total. The summed E-state index contributed by atoms with van der Waals surface area (Å²) in [5.41, 5.74) is 1.92. The molecular formula is C13H19N3O. The third-order valence-electron chi connectivity index (χ3n) is 2.89. The molecule has 0 aliphatic heterocycles. The third-order valence-corrected chi connectivity index (χ3v) is 2.89. The fourth-order valence-corrected chi connectivity index (χ4v) is 1.67. The Balaban J connectivity index is 1.82. The predicted octanol–water partition coefficient (Wildman–Crippen LogP) is 1.10. The first-order valence-corrected chi connectivity index (χ1v) is 6.05. The second-order valence-corrected chi connectivity index (χ2v) is 4.68. The second kappa shape index (κ2) is 5.27. The number of rotatable bonds is 5. The number of amides is 1. The van der Waals surface area contributed by atoms with Crippen LogP contribution >= 0.6 is 0 Å². The molecule has 92 valence electrons. The van der Waals surface area contributed by atoms with E-state index in [0.717, 1.165) is 11.4 Å². The van der Waals surface area contributed by atoms with Gasteiger partial charge in [-0.25, -0.2) is 0 Å². The highest BCUT2D eigenvalue weighted by molar-refractivity contribution is 5.78. The van der Waals surface area contributed by atoms with Gasteiger partial charge in [0, 0.05) is 18.8 Å². The van der Waals surface area contributed by atoms with E-state index in [1.165, 1.54) is 12.8 Å². The Hall–Kier alpha value is -1.42. The number of hydrogen-bond donors (Lipinski definition) is 1. The summed E-state index contributed by atoms with van der Waals surface area (Å²) in [4.78, 5) is 17.9. The molecule has 0 bridgehead atoms. The van der Waals surface area contributed by atoms with Crippen LogP contribution < -0.4 is 5.32 Å². The molecule has 4 heteroatoms. The van der Waals surface area contributed by atoms with Crippen LogP contribution in [0.4, 0.5) is 0 Å². The van der Waals surface area contributed by atoms with Crippen LogP contribution in [0.25, 0.3) is 0 Å². The van der Waals surface area contributed by atoms with Crippen molar-refractivity contribution in [3.63, 3.8) is 0 Å². The normalized spacial score (nSPS) is 14.7. The van der Waals surface area contributed by atoms with E-state index in [1.54, 1.807) is 4.90 Å². The molecule has 1 amide bonds. The number of aromatic nitrogens is 1. The first-order chi connectivity index (χ1) is 8.15. The number of nitrogens with zero attached hydrogens (tertiary/aromatic N) is 2. The Morgan fingerprint density at radius 1 is 1.53 bits per heavy atom. The van der Waals surface area contributed by atoms with Crippen LogP contribution in [-0.4, -0.2) is 35.4 Å². The monoisotopic (exact) mass is 233 g/mol. The maximum atomic E-state index is 11.8. The highest BCUT2D eigenvalue weighted by atomic mass is 16.2. The number of nitrogens with one attached hydrogen (secondary N) is 1. The summed E-state index contributed by atoms with van der Waals surface area (Å²) in [6.45, 7) is 2.97. The Morgan fingerprint density at radius 2 is 2.29 bits per heavy atom. The van der Waals surface area contributed by atoms with E-state index in [1.807, 2.05) is 32.2 Å². The smallest absolute Gasteiger partial charge is 0.236 e. The first-order valence-electron chi connectivity index (χ1n) is 6.05. The number of hydrogen-bond acceptors (Lipinski definition) is 3. The maximum Gasteiger partial charge on any atom is 0.236 e.